The fourth-order valence-electron chi connectivity index (χ4n) is 1.65. The largest absolute Gasteiger partial charge is 0.375 e. The van der Waals surface area contributed by atoms with E-state index in [2.05, 4.69) is 16.0 Å². The van der Waals surface area contributed by atoms with Crippen LogP contribution in [0.1, 0.15) is 31.4 Å². The summed E-state index contributed by atoms with van der Waals surface area (Å²) >= 11 is 2.85. The number of unbranched alkanes of at least 4 members (excludes halogenated alkanes) is 3. The molecule has 110 valence electrons. The number of nitrogens with one attached hydrogen (secondary N) is 1. The predicted octanol–water partition coefficient (Wildman–Crippen LogP) is 2.24. The Kier molecular flexibility index (Phi) is 7.12. The summed E-state index contributed by atoms with van der Waals surface area (Å²) in [5.41, 5.74) is 5.98. The Morgan fingerprint density at radius 3 is 2.58 bits per heavy atom. The third-order valence-electron chi connectivity index (χ3n) is 2.58. The van der Waals surface area contributed by atoms with Gasteiger partial charge in [0.05, 0.1) is 5.69 Å². The number of nitrogens with zero attached hydrogens (tertiary/aromatic N) is 1. The lowest BCUT2D eigenvalue weighted by Gasteiger charge is -2.05. The number of thioether (sulfide) groups is 1. The zero-order valence-corrected chi connectivity index (χ0v) is 13.8. The van der Waals surface area contributed by atoms with Crippen LogP contribution in [0.4, 0.5) is 5.13 Å². The van der Waals surface area contributed by atoms with Crippen molar-refractivity contribution in [3.63, 3.8) is 0 Å². The topological polar surface area (TPSA) is 85.1 Å². The van der Waals surface area contributed by atoms with E-state index in [0.717, 1.165) is 30.6 Å². The highest BCUT2D eigenvalue weighted by Gasteiger charge is 2.20. The first-order valence-corrected chi connectivity index (χ1v) is 9.88. The number of aromatic nitrogens is 1. The summed E-state index contributed by atoms with van der Waals surface area (Å²) < 4.78 is 26.8. The normalized spacial score (nSPS) is 11.9. The standard InChI is InChI=1S/C11H21N3O2S3/c1-9-10(18-11(12)14-9)19(15,16)13-7-5-3-4-6-8-17-2/h13H,3-8H2,1-2H3,(H2,12,14). The average molecular weight is 324 g/mol. The lowest BCUT2D eigenvalue weighted by atomic mass is 10.2. The van der Waals surface area contributed by atoms with Crippen molar-refractivity contribution in [1.82, 2.24) is 9.71 Å². The van der Waals surface area contributed by atoms with Crippen LogP contribution in [0.25, 0.3) is 0 Å². The summed E-state index contributed by atoms with van der Waals surface area (Å²) in [6.45, 7) is 2.13. The third-order valence-corrected chi connectivity index (χ3v) is 6.34. The van der Waals surface area contributed by atoms with Crippen LogP contribution in [-0.2, 0) is 10.0 Å². The molecule has 0 saturated carbocycles. The van der Waals surface area contributed by atoms with Gasteiger partial charge in [0.2, 0.25) is 0 Å². The molecular weight excluding hydrogens is 302 g/mol. The number of hydrogen-bond acceptors (Lipinski definition) is 6. The van der Waals surface area contributed by atoms with Crippen molar-refractivity contribution in [2.24, 2.45) is 0 Å². The highest BCUT2D eigenvalue weighted by molar-refractivity contribution is 7.98. The van der Waals surface area contributed by atoms with Gasteiger partial charge in [0.15, 0.2) is 9.34 Å². The maximum Gasteiger partial charge on any atom is 0.252 e. The van der Waals surface area contributed by atoms with Crippen molar-refractivity contribution >= 4 is 38.3 Å². The summed E-state index contributed by atoms with van der Waals surface area (Å²) in [5.74, 6) is 1.17. The molecule has 0 spiro atoms. The van der Waals surface area contributed by atoms with E-state index < -0.39 is 10.0 Å². The molecule has 8 heteroatoms. The van der Waals surface area contributed by atoms with E-state index in [0.29, 0.717) is 12.2 Å². The fraction of sp³-hybridized carbons (Fsp3) is 0.727. The summed E-state index contributed by atoms with van der Waals surface area (Å²) in [6.07, 6.45) is 6.35. The van der Waals surface area contributed by atoms with Crippen LogP contribution in [0, 0.1) is 6.92 Å². The van der Waals surface area contributed by atoms with Gasteiger partial charge in [-0.15, -0.1) is 0 Å². The Labute approximate surface area is 123 Å². The van der Waals surface area contributed by atoms with Crippen LogP contribution in [-0.4, -0.2) is 32.0 Å². The first kappa shape index (κ1) is 16.7. The SMILES string of the molecule is CSCCCCCCNS(=O)(=O)c1sc(N)nc1C. The Morgan fingerprint density at radius 1 is 1.32 bits per heavy atom. The zero-order valence-electron chi connectivity index (χ0n) is 11.3. The second kappa shape index (κ2) is 8.08. The van der Waals surface area contributed by atoms with E-state index in [-0.39, 0.29) is 9.34 Å². The van der Waals surface area contributed by atoms with E-state index in [1.165, 1.54) is 12.2 Å². The summed E-state index contributed by atoms with van der Waals surface area (Å²) in [7, 11) is -3.45. The first-order valence-electron chi connectivity index (χ1n) is 6.19. The van der Waals surface area contributed by atoms with Gasteiger partial charge in [-0.25, -0.2) is 18.1 Å². The molecule has 0 fully saturated rings. The molecule has 0 bridgehead atoms. The number of anilines is 1. The predicted molar refractivity (Wildman–Crippen MR) is 83.3 cm³/mol. The van der Waals surface area contributed by atoms with Crippen molar-refractivity contribution in [2.75, 3.05) is 24.3 Å². The van der Waals surface area contributed by atoms with Crippen LogP contribution in [0.15, 0.2) is 4.21 Å². The fourth-order valence-corrected chi connectivity index (χ4v) is 4.56. The molecule has 0 amide bonds. The van der Waals surface area contributed by atoms with Gasteiger partial charge in [0, 0.05) is 6.54 Å². The van der Waals surface area contributed by atoms with Gasteiger partial charge in [-0.3, -0.25) is 0 Å². The van der Waals surface area contributed by atoms with Gasteiger partial charge in [-0.05, 0) is 31.8 Å². The second-order valence-electron chi connectivity index (χ2n) is 4.23. The molecule has 19 heavy (non-hydrogen) atoms. The van der Waals surface area contributed by atoms with Crippen LogP contribution in [0.3, 0.4) is 0 Å². The second-order valence-corrected chi connectivity index (χ2v) is 8.21. The van der Waals surface area contributed by atoms with Gasteiger partial charge >= 0.3 is 0 Å². The summed E-state index contributed by atoms with van der Waals surface area (Å²) in [5, 5.41) is 0.287. The molecule has 0 aliphatic heterocycles. The Morgan fingerprint density at radius 2 is 2.00 bits per heavy atom. The lowest BCUT2D eigenvalue weighted by molar-refractivity contribution is 0.575. The average Bonchev–Trinajstić information content (AvgIpc) is 2.68. The Bertz CT molecular complexity index is 485. The van der Waals surface area contributed by atoms with E-state index >= 15 is 0 Å². The van der Waals surface area contributed by atoms with Gasteiger partial charge in [-0.1, -0.05) is 24.2 Å². The molecule has 1 rings (SSSR count). The van der Waals surface area contributed by atoms with E-state index in [1.807, 2.05) is 11.8 Å². The quantitative estimate of drug-likeness (QED) is 0.681. The number of thiazole rings is 1. The number of nitrogen functional groups attached to an aromatic ring is 1. The van der Waals surface area contributed by atoms with Crippen LogP contribution in [0.2, 0.25) is 0 Å². The van der Waals surface area contributed by atoms with Crippen LogP contribution < -0.4 is 10.5 Å². The number of sulfonamides is 1. The Balaban J connectivity index is 2.34. The smallest absolute Gasteiger partial charge is 0.252 e. The molecule has 0 aromatic carbocycles. The van der Waals surface area contributed by atoms with Gasteiger partial charge in [0.1, 0.15) is 0 Å². The molecule has 3 N–H and O–H groups in total. The first-order chi connectivity index (χ1) is 8.97. The molecule has 0 saturated heterocycles. The molecule has 1 aromatic rings. The monoisotopic (exact) mass is 323 g/mol. The minimum Gasteiger partial charge on any atom is -0.375 e. The number of aryl methyl sites for hydroxylation is 1. The molecule has 1 aromatic heterocycles. The highest BCUT2D eigenvalue weighted by Crippen LogP contribution is 2.24. The van der Waals surface area contributed by atoms with Gasteiger partial charge in [-0.2, -0.15) is 11.8 Å². The number of nitrogens with two attached hydrogens (primary N) is 1. The third kappa shape index (κ3) is 5.68. The van der Waals surface area contributed by atoms with Crippen molar-refractivity contribution in [3.05, 3.63) is 5.69 Å². The molecule has 0 unspecified atom stereocenters. The van der Waals surface area contributed by atoms with Crippen LogP contribution >= 0.6 is 23.1 Å². The number of hydrogen-bond donors (Lipinski definition) is 2. The van der Waals surface area contributed by atoms with Crippen molar-refractivity contribution in [3.8, 4) is 0 Å². The van der Waals surface area contributed by atoms with Crippen molar-refractivity contribution in [1.29, 1.82) is 0 Å². The number of rotatable bonds is 9. The molecule has 1 heterocycles. The van der Waals surface area contributed by atoms with Crippen LogP contribution in [0.5, 0.6) is 0 Å². The molecule has 0 atom stereocenters. The lowest BCUT2D eigenvalue weighted by Crippen LogP contribution is -2.24. The summed E-state index contributed by atoms with van der Waals surface area (Å²) in [6, 6.07) is 0. The van der Waals surface area contributed by atoms with Crippen molar-refractivity contribution < 1.29 is 8.42 Å². The molecule has 0 radical (unpaired) electrons. The maximum atomic E-state index is 12.0. The van der Waals surface area contributed by atoms with E-state index in [1.54, 1.807) is 6.92 Å². The minimum absolute atomic E-state index is 0.229. The molecule has 0 aliphatic rings. The zero-order chi connectivity index (χ0) is 14.3. The highest BCUT2D eigenvalue weighted by atomic mass is 32.2. The molecule has 0 aliphatic carbocycles. The summed E-state index contributed by atoms with van der Waals surface area (Å²) in [4.78, 5) is 3.93. The Hall–Kier alpha value is -0.310. The molecule has 5 nitrogen and oxygen atoms in total. The minimum atomic E-state index is -3.45. The van der Waals surface area contributed by atoms with Gasteiger partial charge in [0.25, 0.3) is 10.0 Å². The van der Waals surface area contributed by atoms with E-state index in [9.17, 15) is 8.42 Å². The van der Waals surface area contributed by atoms with Gasteiger partial charge < -0.3 is 5.73 Å². The maximum absolute atomic E-state index is 12.0. The molecular formula is C11H21N3O2S3. The van der Waals surface area contributed by atoms with E-state index in [4.69, 9.17) is 5.73 Å². The van der Waals surface area contributed by atoms with Crippen molar-refractivity contribution in [2.45, 2.75) is 36.8 Å².